The molecule has 1 atom stereocenters. The summed E-state index contributed by atoms with van der Waals surface area (Å²) in [7, 11) is 0. The molecule has 170 valence electrons. The van der Waals surface area contributed by atoms with E-state index in [9.17, 15) is 14.3 Å². The molecule has 0 radical (unpaired) electrons. The molecule has 4 N–H and O–H groups in total. The molecule has 2 aromatic heterocycles. The van der Waals surface area contributed by atoms with Gasteiger partial charge in [-0.2, -0.15) is 5.10 Å². The standard InChI is InChI=1S/C23H23FN6O2S/c1-12-9-14(3-5-16(12)24)21-20(22(25)31)18-11-29(7-8-30(18)28-21)23(32)27-15-4-6-19-17(10-15)26-13(2)33-19/h3-6,9-10,23,27,32H,7-8,11H2,1-2H3,(H2,25,31). The van der Waals surface area contributed by atoms with Gasteiger partial charge in [0.2, 0.25) is 0 Å². The van der Waals surface area contributed by atoms with Crippen LogP contribution in [0.1, 0.15) is 26.6 Å². The van der Waals surface area contributed by atoms with E-state index in [2.05, 4.69) is 15.4 Å². The summed E-state index contributed by atoms with van der Waals surface area (Å²) in [6.07, 6.45) is -0.983. The lowest BCUT2D eigenvalue weighted by Gasteiger charge is -2.32. The average molecular weight is 467 g/mol. The van der Waals surface area contributed by atoms with Gasteiger partial charge in [-0.15, -0.1) is 11.3 Å². The second kappa shape index (κ2) is 8.22. The maximum atomic E-state index is 13.7. The van der Waals surface area contributed by atoms with Crippen LogP contribution < -0.4 is 11.1 Å². The quantitative estimate of drug-likeness (QED) is 0.390. The molecule has 5 rings (SSSR count). The van der Waals surface area contributed by atoms with Crippen molar-refractivity contribution in [3.63, 3.8) is 0 Å². The summed E-state index contributed by atoms with van der Waals surface area (Å²) < 4.78 is 16.6. The Bertz CT molecular complexity index is 1380. The van der Waals surface area contributed by atoms with Crippen molar-refractivity contribution in [3.8, 4) is 11.3 Å². The number of hydrogen-bond donors (Lipinski definition) is 3. The Labute approximate surface area is 193 Å². The molecule has 0 saturated heterocycles. The number of hydrogen-bond acceptors (Lipinski definition) is 7. The third-order valence-corrected chi connectivity index (χ3v) is 6.78. The minimum Gasteiger partial charge on any atom is -0.365 e. The molecule has 8 nitrogen and oxygen atoms in total. The lowest BCUT2D eigenvalue weighted by molar-refractivity contribution is 0.00611. The molecule has 0 spiro atoms. The van der Waals surface area contributed by atoms with Crippen LogP contribution in [0.5, 0.6) is 0 Å². The number of aromatic nitrogens is 3. The highest BCUT2D eigenvalue weighted by Crippen LogP contribution is 2.30. The van der Waals surface area contributed by atoms with E-state index in [-0.39, 0.29) is 17.9 Å². The number of halogens is 1. The van der Waals surface area contributed by atoms with Gasteiger partial charge < -0.3 is 16.2 Å². The second-order valence-electron chi connectivity index (χ2n) is 8.13. The smallest absolute Gasteiger partial charge is 0.252 e. The summed E-state index contributed by atoms with van der Waals surface area (Å²) in [5, 5.41) is 19.5. The van der Waals surface area contributed by atoms with Gasteiger partial charge in [-0.1, -0.05) is 0 Å². The number of fused-ring (bicyclic) bond motifs is 2. The third-order valence-electron chi connectivity index (χ3n) is 5.82. The molecule has 1 amide bonds. The highest BCUT2D eigenvalue weighted by Gasteiger charge is 2.30. The number of nitrogens with one attached hydrogen (secondary N) is 1. The van der Waals surface area contributed by atoms with Crippen LogP contribution in [0.4, 0.5) is 10.1 Å². The van der Waals surface area contributed by atoms with E-state index in [0.29, 0.717) is 35.6 Å². The number of primary amides is 1. The Hall–Kier alpha value is -3.34. The summed E-state index contributed by atoms with van der Waals surface area (Å²) in [4.78, 5) is 18.7. The van der Waals surface area contributed by atoms with Gasteiger partial charge in [0.25, 0.3) is 5.91 Å². The predicted molar refractivity (Wildman–Crippen MR) is 125 cm³/mol. The van der Waals surface area contributed by atoms with E-state index in [1.807, 2.05) is 25.1 Å². The summed E-state index contributed by atoms with van der Waals surface area (Å²) in [6.45, 7) is 4.88. The number of nitrogens with zero attached hydrogens (tertiary/aromatic N) is 4. The topological polar surface area (TPSA) is 109 Å². The molecule has 0 aliphatic carbocycles. The lowest BCUT2D eigenvalue weighted by Crippen LogP contribution is -2.45. The Balaban J connectivity index is 1.41. The molecule has 0 bridgehead atoms. The molecule has 10 heteroatoms. The Morgan fingerprint density at radius 3 is 2.82 bits per heavy atom. The molecule has 1 aliphatic rings. The van der Waals surface area contributed by atoms with Crippen LogP contribution >= 0.6 is 11.3 Å². The van der Waals surface area contributed by atoms with Gasteiger partial charge in [0, 0.05) is 24.3 Å². The number of carbonyl (C=O) groups excluding carboxylic acids is 1. The van der Waals surface area contributed by atoms with Gasteiger partial charge in [0.15, 0.2) is 6.35 Å². The number of aryl methyl sites for hydroxylation is 2. The first-order chi connectivity index (χ1) is 15.8. The van der Waals surface area contributed by atoms with E-state index in [4.69, 9.17) is 5.73 Å². The van der Waals surface area contributed by atoms with Crippen molar-refractivity contribution in [2.24, 2.45) is 5.73 Å². The predicted octanol–water partition coefficient (Wildman–Crippen LogP) is 3.22. The first-order valence-corrected chi connectivity index (χ1v) is 11.3. The van der Waals surface area contributed by atoms with E-state index in [1.165, 1.54) is 6.07 Å². The van der Waals surface area contributed by atoms with Crippen molar-refractivity contribution >= 4 is 33.1 Å². The number of aliphatic hydroxyl groups is 1. The summed E-state index contributed by atoms with van der Waals surface area (Å²) in [5.74, 6) is -0.934. The normalized spacial score (nSPS) is 14.9. The number of thiazole rings is 1. The molecule has 0 saturated carbocycles. The van der Waals surface area contributed by atoms with Gasteiger partial charge in [-0.3, -0.25) is 14.4 Å². The molecule has 1 unspecified atom stereocenters. The molecular weight excluding hydrogens is 443 g/mol. The highest BCUT2D eigenvalue weighted by atomic mass is 32.1. The molecule has 3 heterocycles. The van der Waals surface area contributed by atoms with Crippen molar-refractivity contribution in [1.82, 2.24) is 19.7 Å². The van der Waals surface area contributed by atoms with Crippen molar-refractivity contribution in [1.29, 1.82) is 0 Å². The first kappa shape index (κ1) is 21.5. The van der Waals surface area contributed by atoms with Gasteiger partial charge in [0.05, 0.1) is 33.0 Å². The van der Waals surface area contributed by atoms with E-state index in [0.717, 1.165) is 20.9 Å². The number of rotatable bonds is 5. The van der Waals surface area contributed by atoms with Crippen molar-refractivity contribution in [2.45, 2.75) is 33.3 Å². The van der Waals surface area contributed by atoms with Crippen LogP contribution in [-0.4, -0.2) is 43.6 Å². The molecular formula is C23H23FN6O2S. The third kappa shape index (κ3) is 3.97. The molecule has 33 heavy (non-hydrogen) atoms. The fourth-order valence-electron chi connectivity index (χ4n) is 4.17. The maximum absolute atomic E-state index is 13.7. The molecule has 1 aliphatic heterocycles. The summed E-state index contributed by atoms with van der Waals surface area (Å²) in [6, 6.07) is 10.4. The molecule has 2 aromatic carbocycles. The second-order valence-corrected chi connectivity index (χ2v) is 9.36. The number of nitrogens with two attached hydrogens (primary N) is 1. The fourth-order valence-corrected chi connectivity index (χ4v) is 4.98. The van der Waals surface area contributed by atoms with Gasteiger partial charge >= 0.3 is 0 Å². The lowest BCUT2D eigenvalue weighted by atomic mass is 10.0. The minimum absolute atomic E-state index is 0.275. The van der Waals surface area contributed by atoms with E-state index >= 15 is 0 Å². The number of aliphatic hydroxyl groups excluding tert-OH is 1. The fraction of sp³-hybridized carbons (Fsp3) is 0.261. The molecule has 4 aromatic rings. The van der Waals surface area contributed by atoms with Gasteiger partial charge in [-0.05, 0) is 55.8 Å². The first-order valence-electron chi connectivity index (χ1n) is 10.5. The number of amides is 1. The van der Waals surface area contributed by atoms with Gasteiger partial charge in [0.1, 0.15) is 11.5 Å². The zero-order valence-electron chi connectivity index (χ0n) is 18.2. The maximum Gasteiger partial charge on any atom is 0.252 e. The summed E-state index contributed by atoms with van der Waals surface area (Å²) >= 11 is 1.62. The zero-order chi connectivity index (χ0) is 23.3. The van der Waals surface area contributed by atoms with Crippen LogP contribution in [-0.2, 0) is 13.1 Å². The summed E-state index contributed by atoms with van der Waals surface area (Å²) in [5.41, 5.74) is 9.77. The van der Waals surface area contributed by atoms with Crippen LogP contribution in [0.15, 0.2) is 36.4 Å². The van der Waals surface area contributed by atoms with Crippen LogP contribution in [0, 0.1) is 19.7 Å². The van der Waals surface area contributed by atoms with E-state index < -0.39 is 12.3 Å². The minimum atomic E-state index is -0.983. The number of carbonyl (C=O) groups is 1. The number of benzene rings is 2. The SMILES string of the molecule is Cc1nc2cc(NC(O)N3CCn4nc(-c5ccc(F)c(C)c5)c(C(N)=O)c4C3)ccc2s1. The van der Waals surface area contributed by atoms with Gasteiger partial charge in [-0.25, -0.2) is 9.37 Å². The Morgan fingerprint density at radius 1 is 1.24 bits per heavy atom. The highest BCUT2D eigenvalue weighted by molar-refractivity contribution is 7.18. The van der Waals surface area contributed by atoms with Crippen molar-refractivity contribution < 1.29 is 14.3 Å². The zero-order valence-corrected chi connectivity index (χ0v) is 19.0. The Morgan fingerprint density at radius 2 is 2.06 bits per heavy atom. The molecule has 0 fully saturated rings. The van der Waals surface area contributed by atoms with Crippen LogP contribution in [0.25, 0.3) is 21.5 Å². The monoisotopic (exact) mass is 466 g/mol. The van der Waals surface area contributed by atoms with Crippen molar-refractivity contribution in [3.05, 3.63) is 64.0 Å². The number of anilines is 1. The van der Waals surface area contributed by atoms with Crippen LogP contribution in [0.2, 0.25) is 0 Å². The van der Waals surface area contributed by atoms with Crippen molar-refractivity contribution in [2.75, 3.05) is 11.9 Å². The Kier molecular flexibility index (Phi) is 5.35. The van der Waals surface area contributed by atoms with E-state index in [1.54, 1.807) is 40.0 Å². The van der Waals surface area contributed by atoms with Crippen LogP contribution in [0.3, 0.4) is 0 Å². The average Bonchev–Trinajstić information content (AvgIpc) is 3.34. The largest absolute Gasteiger partial charge is 0.365 e.